The fourth-order valence-corrected chi connectivity index (χ4v) is 5.19. The molecule has 0 saturated carbocycles. The van der Waals surface area contributed by atoms with Crippen molar-refractivity contribution in [1.29, 1.82) is 0 Å². The average Bonchev–Trinajstić information content (AvgIpc) is 3.15. The van der Waals surface area contributed by atoms with E-state index < -0.39 is 0 Å². The van der Waals surface area contributed by atoms with Crippen LogP contribution in [0, 0.1) is 5.92 Å². The van der Waals surface area contributed by atoms with Crippen molar-refractivity contribution in [3.63, 3.8) is 0 Å². The third kappa shape index (κ3) is 2.47. The number of hydrogen-bond acceptors (Lipinski definition) is 4. The Hall–Kier alpha value is -0.710. The number of carbonyl (C=O) groups excluding carboxylic acids is 1. The van der Waals surface area contributed by atoms with E-state index in [2.05, 4.69) is 11.4 Å². The molecule has 4 rings (SSSR count). The van der Waals surface area contributed by atoms with Gasteiger partial charge in [-0.15, -0.1) is 11.3 Å². The minimum absolute atomic E-state index is 0.141. The molecular formula is C17H22O3S. The summed E-state index contributed by atoms with van der Waals surface area (Å²) in [5.41, 5.74) is 1.16. The average molecular weight is 306 g/mol. The van der Waals surface area contributed by atoms with E-state index in [1.54, 1.807) is 0 Å². The van der Waals surface area contributed by atoms with Gasteiger partial charge in [0.05, 0.1) is 12.2 Å². The molecule has 3 unspecified atom stereocenters. The van der Waals surface area contributed by atoms with Gasteiger partial charge >= 0.3 is 0 Å². The fourth-order valence-electron chi connectivity index (χ4n) is 4.20. The van der Waals surface area contributed by atoms with Crippen LogP contribution in [-0.4, -0.2) is 31.2 Å². The molecule has 3 heterocycles. The lowest BCUT2D eigenvalue weighted by molar-refractivity contribution is -0.138. The van der Waals surface area contributed by atoms with E-state index in [0.29, 0.717) is 19.0 Å². The Balaban J connectivity index is 1.53. The van der Waals surface area contributed by atoms with E-state index in [-0.39, 0.29) is 17.4 Å². The number of thiophene rings is 1. The number of carbonyl (C=O) groups is 1. The summed E-state index contributed by atoms with van der Waals surface area (Å²) >= 11 is 1.82. The van der Waals surface area contributed by atoms with Crippen molar-refractivity contribution in [3.8, 4) is 0 Å². The monoisotopic (exact) mass is 306 g/mol. The standard InChI is InChI=1S/C17H22O3S/c18-16(14-2-1-3-15-13(14)5-9-21-15)12-4-7-20-17(10-12)6-8-19-11-17/h5,9,12,14H,1-4,6-8,10-11H2. The van der Waals surface area contributed by atoms with Gasteiger partial charge in [-0.2, -0.15) is 0 Å². The Bertz CT molecular complexity index is 530. The van der Waals surface area contributed by atoms with Crippen LogP contribution < -0.4 is 0 Å². The molecule has 1 aliphatic carbocycles. The van der Waals surface area contributed by atoms with Gasteiger partial charge in [-0.1, -0.05) is 0 Å². The summed E-state index contributed by atoms with van der Waals surface area (Å²) in [6.07, 6.45) is 6.04. The molecule has 0 aromatic carbocycles. The maximum absolute atomic E-state index is 13.1. The van der Waals surface area contributed by atoms with E-state index >= 15 is 0 Å². The van der Waals surface area contributed by atoms with Crippen LogP contribution in [0.4, 0.5) is 0 Å². The Labute approximate surface area is 129 Å². The first kappa shape index (κ1) is 13.9. The molecule has 0 amide bonds. The lowest BCUT2D eigenvalue weighted by Gasteiger charge is -2.38. The third-order valence-corrected chi connectivity index (χ3v) is 6.35. The van der Waals surface area contributed by atoms with Crippen LogP contribution in [-0.2, 0) is 20.7 Å². The van der Waals surface area contributed by atoms with E-state index in [9.17, 15) is 4.79 Å². The van der Waals surface area contributed by atoms with Crippen LogP contribution in [0.2, 0.25) is 0 Å². The van der Waals surface area contributed by atoms with Gasteiger partial charge in [0.25, 0.3) is 0 Å². The molecule has 3 aliphatic rings. The van der Waals surface area contributed by atoms with E-state index in [0.717, 1.165) is 45.1 Å². The molecule has 2 fully saturated rings. The zero-order chi connectivity index (χ0) is 14.3. The summed E-state index contributed by atoms with van der Waals surface area (Å²) in [5.74, 6) is 0.766. The van der Waals surface area contributed by atoms with E-state index in [1.807, 2.05) is 11.3 Å². The molecule has 4 heteroatoms. The summed E-state index contributed by atoms with van der Waals surface area (Å²) < 4.78 is 11.5. The second-order valence-electron chi connectivity index (χ2n) is 6.67. The zero-order valence-corrected chi connectivity index (χ0v) is 13.1. The van der Waals surface area contributed by atoms with Crippen LogP contribution in [0.15, 0.2) is 11.4 Å². The molecule has 0 N–H and O–H groups in total. The van der Waals surface area contributed by atoms with Crippen molar-refractivity contribution in [2.75, 3.05) is 19.8 Å². The maximum Gasteiger partial charge on any atom is 0.143 e. The first-order valence-electron chi connectivity index (χ1n) is 8.09. The Morgan fingerprint density at radius 3 is 3.14 bits per heavy atom. The molecular weight excluding hydrogens is 284 g/mol. The predicted octanol–water partition coefficient (Wildman–Crippen LogP) is 3.32. The number of ether oxygens (including phenoxy) is 2. The molecule has 21 heavy (non-hydrogen) atoms. The largest absolute Gasteiger partial charge is 0.378 e. The third-order valence-electron chi connectivity index (χ3n) is 5.36. The molecule has 0 radical (unpaired) electrons. The number of fused-ring (bicyclic) bond motifs is 1. The van der Waals surface area contributed by atoms with Crippen LogP contribution in [0.5, 0.6) is 0 Å². The highest BCUT2D eigenvalue weighted by atomic mass is 32.1. The van der Waals surface area contributed by atoms with Crippen LogP contribution in [0.3, 0.4) is 0 Å². The summed E-state index contributed by atoms with van der Waals surface area (Å²) in [4.78, 5) is 14.5. The highest BCUT2D eigenvalue weighted by Gasteiger charge is 2.44. The second kappa shape index (κ2) is 5.49. The van der Waals surface area contributed by atoms with Gasteiger partial charge in [-0.3, -0.25) is 4.79 Å². The number of aryl methyl sites for hydroxylation is 1. The Kier molecular flexibility index (Phi) is 3.64. The highest BCUT2D eigenvalue weighted by molar-refractivity contribution is 7.10. The Morgan fingerprint density at radius 1 is 1.33 bits per heavy atom. The summed E-state index contributed by atoms with van der Waals surface area (Å²) in [7, 11) is 0. The number of ketones is 1. The molecule has 3 nitrogen and oxygen atoms in total. The number of Topliss-reactive ketones (excluding diaryl/α,β-unsaturated/α-hetero) is 1. The second-order valence-corrected chi connectivity index (χ2v) is 7.67. The normalized spacial score (nSPS) is 35.8. The lowest BCUT2D eigenvalue weighted by atomic mass is 9.75. The van der Waals surface area contributed by atoms with Crippen LogP contribution >= 0.6 is 11.3 Å². The highest BCUT2D eigenvalue weighted by Crippen LogP contribution is 2.42. The summed E-state index contributed by atoms with van der Waals surface area (Å²) in [6.45, 7) is 2.16. The van der Waals surface area contributed by atoms with Gasteiger partial charge in [-0.05, 0) is 49.1 Å². The fraction of sp³-hybridized carbons (Fsp3) is 0.706. The molecule has 114 valence electrons. The smallest absolute Gasteiger partial charge is 0.143 e. The molecule has 3 atom stereocenters. The van der Waals surface area contributed by atoms with Crippen molar-refractivity contribution in [3.05, 3.63) is 21.9 Å². The van der Waals surface area contributed by atoms with Gasteiger partial charge in [0, 0.05) is 36.3 Å². The first-order chi connectivity index (χ1) is 10.3. The van der Waals surface area contributed by atoms with Gasteiger partial charge in [0.15, 0.2) is 0 Å². The lowest BCUT2D eigenvalue weighted by Crippen LogP contribution is -2.43. The number of hydrogen-bond donors (Lipinski definition) is 0. The van der Waals surface area contributed by atoms with Gasteiger partial charge in [0.1, 0.15) is 5.78 Å². The van der Waals surface area contributed by atoms with Crippen molar-refractivity contribution >= 4 is 17.1 Å². The van der Waals surface area contributed by atoms with Crippen LogP contribution in [0.25, 0.3) is 0 Å². The first-order valence-corrected chi connectivity index (χ1v) is 8.97. The summed E-state index contributed by atoms with van der Waals surface area (Å²) in [5, 5.41) is 2.15. The summed E-state index contributed by atoms with van der Waals surface area (Å²) in [6, 6.07) is 2.18. The van der Waals surface area contributed by atoms with Crippen molar-refractivity contribution in [2.45, 2.75) is 50.0 Å². The van der Waals surface area contributed by atoms with Gasteiger partial charge < -0.3 is 9.47 Å². The van der Waals surface area contributed by atoms with Crippen molar-refractivity contribution in [2.24, 2.45) is 5.92 Å². The molecule has 2 aliphatic heterocycles. The van der Waals surface area contributed by atoms with Crippen LogP contribution in [0.1, 0.15) is 48.5 Å². The molecule has 0 bridgehead atoms. The van der Waals surface area contributed by atoms with E-state index in [1.165, 1.54) is 10.4 Å². The van der Waals surface area contributed by atoms with Crippen molar-refractivity contribution < 1.29 is 14.3 Å². The predicted molar refractivity (Wildman–Crippen MR) is 81.8 cm³/mol. The molecule has 1 aromatic rings. The number of rotatable bonds is 2. The maximum atomic E-state index is 13.1. The quantitative estimate of drug-likeness (QED) is 0.841. The molecule has 1 aromatic heterocycles. The van der Waals surface area contributed by atoms with Gasteiger partial charge in [-0.25, -0.2) is 0 Å². The van der Waals surface area contributed by atoms with E-state index in [4.69, 9.17) is 9.47 Å². The Morgan fingerprint density at radius 2 is 2.29 bits per heavy atom. The zero-order valence-electron chi connectivity index (χ0n) is 12.3. The minimum atomic E-state index is -0.162. The molecule has 1 spiro atoms. The molecule has 2 saturated heterocycles. The van der Waals surface area contributed by atoms with Crippen molar-refractivity contribution in [1.82, 2.24) is 0 Å². The minimum Gasteiger partial charge on any atom is -0.378 e. The van der Waals surface area contributed by atoms with Gasteiger partial charge in [0.2, 0.25) is 0 Å². The SMILES string of the molecule is O=C(C1CCOC2(CCOC2)C1)C1CCCc2sccc21. The topological polar surface area (TPSA) is 35.5 Å².